The minimum atomic E-state index is 0.107. The van der Waals surface area contributed by atoms with Crippen molar-refractivity contribution in [1.82, 2.24) is 10.2 Å². The van der Waals surface area contributed by atoms with Crippen molar-refractivity contribution in [3.63, 3.8) is 0 Å². The number of ether oxygens (including phenoxy) is 1. The fourth-order valence-electron chi connectivity index (χ4n) is 3.30. The largest absolute Gasteiger partial charge is 0.496 e. The van der Waals surface area contributed by atoms with Crippen LogP contribution < -0.4 is 10.1 Å². The number of benzene rings is 1. The Balaban J connectivity index is 1.86. The van der Waals surface area contributed by atoms with Gasteiger partial charge in [-0.1, -0.05) is 12.1 Å². The molecular formula is C15H20N2O2. The van der Waals surface area contributed by atoms with Gasteiger partial charge in [0.2, 0.25) is 0 Å². The molecule has 102 valence electrons. The molecule has 19 heavy (non-hydrogen) atoms. The predicted molar refractivity (Wildman–Crippen MR) is 73.4 cm³/mol. The Morgan fingerprint density at radius 1 is 1.37 bits per heavy atom. The van der Waals surface area contributed by atoms with Crippen LogP contribution >= 0.6 is 0 Å². The molecule has 4 nitrogen and oxygen atoms in total. The van der Waals surface area contributed by atoms with Gasteiger partial charge in [0.15, 0.2) is 0 Å². The third-order valence-corrected chi connectivity index (χ3v) is 4.28. The number of carbonyl (C=O) groups excluding carboxylic acids is 1. The normalized spacial score (nSPS) is 26.1. The van der Waals surface area contributed by atoms with Crippen LogP contribution in [0, 0.1) is 5.92 Å². The maximum absolute atomic E-state index is 12.7. The van der Waals surface area contributed by atoms with Crippen molar-refractivity contribution in [3.8, 4) is 5.75 Å². The van der Waals surface area contributed by atoms with E-state index in [2.05, 4.69) is 5.32 Å². The van der Waals surface area contributed by atoms with Crippen LogP contribution in [0.15, 0.2) is 24.3 Å². The molecule has 0 bridgehead atoms. The Morgan fingerprint density at radius 3 is 3.05 bits per heavy atom. The highest BCUT2D eigenvalue weighted by atomic mass is 16.5. The maximum Gasteiger partial charge on any atom is 0.257 e. The van der Waals surface area contributed by atoms with E-state index in [1.165, 1.54) is 6.42 Å². The Labute approximate surface area is 113 Å². The first-order valence-electron chi connectivity index (χ1n) is 6.96. The molecule has 2 atom stereocenters. The van der Waals surface area contributed by atoms with Gasteiger partial charge in [0, 0.05) is 25.7 Å². The molecule has 0 radical (unpaired) electrons. The smallest absolute Gasteiger partial charge is 0.257 e. The van der Waals surface area contributed by atoms with E-state index in [9.17, 15) is 4.79 Å². The van der Waals surface area contributed by atoms with Crippen LogP contribution in [0.1, 0.15) is 23.2 Å². The molecule has 2 aliphatic heterocycles. The molecule has 1 amide bonds. The van der Waals surface area contributed by atoms with Crippen molar-refractivity contribution in [2.24, 2.45) is 5.92 Å². The highest BCUT2D eigenvalue weighted by Crippen LogP contribution is 2.29. The van der Waals surface area contributed by atoms with Crippen LogP contribution in [0.2, 0.25) is 0 Å². The highest BCUT2D eigenvalue weighted by molar-refractivity contribution is 5.97. The summed E-state index contributed by atoms with van der Waals surface area (Å²) < 4.78 is 5.31. The summed E-state index contributed by atoms with van der Waals surface area (Å²) in [7, 11) is 1.61. The minimum absolute atomic E-state index is 0.107. The molecule has 0 aliphatic carbocycles. The van der Waals surface area contributed by atoms with Gasteiger partial charge in [0.05, 0.1) is 12.7 Å². The number of piperidine rings is 1. The number of likely N-dealkylation sites (tertiary alicyclic amines) is 1. The molecule has 0 saturated carbocycles. The predicted octanol–water partition coefficient (Wildman–Crippen LogP) is 1.52. The number of hydrogen-bond acceptors (Lipinski definition) is 3. The first kappa shape index (κ1) is 12.5. The van der Waals surface area contributed by atoms with E-state index >= 15 is 0 Å². The van der Waals surface area contributed by atoms with Crippen molar-refractivity contribution in [3.05, 3.63) is 29.8 Å². The Kier molecular flexibility index (Phi) is 3.42. The van der Waals surface area contributed by atoms with Gasteiger partial charge in [0.1, 0.15) is 5.75 Å². The number of amides is 1. The van der Waals surface area contributed by atoms with Gasteiger partial charge >= 0.3 is 0 Å². The molecule has 1 N–H and O–H groups in total. The second kappa shape index (κ2) is 5.21. The third-order valence-electron chi connectivity index (χ3n) is 4.28. The summed E-state index contributed by atoms with van der Waals surface area (Å²) in [5.74, 6) is 1.39. The number of carbonyl (C=O) groups is 1. The summed E-state index contributed by atoms with van der Waals surface area (Å²) >= 11 is 0. The molecule has 0 spiro atoms. The second-order valence-corrected chi connectivity index (χ2v) is 5.33. The SMILES string of the molecule is COc1ccccc1C(=O)N1CCCC2CNCC21. The van der Waals surface area contributed by atoms with Crippen LogP contribution in [0.3, 0.4) is 0 Å². The van der Waals surface area contributed by atoms with Crippen molar-refractivity contribution in [2.45, 2.75) is 18.9 Å². The third kappa shape index (κ3) is 2.21. The summed E-state index contributed by atoms with van der Waals surface area (Å²) in [6, 6.07) is 7.84. The lowest BCUT2D eigenvalue weighted by Gasteiger charge is -2.37. The number of hydrogen-bond donors (Lipinski definition) is 1. The van der Waals surface area contributed by atoms with E-state index in [4.69, 9.17) is 4.74 Å². The van der Waals surface area contributed by atoms with Gasteiger partial charge in [0.25, 0.3) is 5.91 Å². The highest BCUT2D eigenvalue weighted by Gasteiger charge is 2.38. The fraction of sp³-hybridized carbons (Fsp3) is 0.533. The molecule has 4 heteroatoms. The van der Waals surface area contributed by atoms with E-state index in [1.54, 1.807) is 7.11 Å². The lowest BCUT2D eigenvalue weighted by Crippen LogP contribution is -2.48. The quantitative estimate of drug-likeness (QED) is 0.876. The molecule has 1 aromatic rings. The zero-order chi connectivity index (χ0) is 13.2. The van der Waals surface area contributed by atoms with E-state index < -0.39 is 0 Å². The van der Waals surface area contributed by atoms with Gasteiger partial charge in [-0.3, -0.25) is 4.79 Å². The monoisotopic (exact) mass is 260 g/mol. The molecule has 2 unspecified atom stereocenters. The average molecular weight is 260 g/mol. The summed E-state index contributed by atoms with van der Waals surface area (Å²) in [5.41, 5.74) is 0.678. The van der Waals surface area contributed by atoms with E-state index in [0.29, 0.717) is 23.3 Å². The second-order valence-electron chi connectivity index (χ2n) is 5.33. The van der Waals surface area contributed by atoms with Crippen molar-refractivity contribution in [2.75, 3.05) is 26.7 Å². The van der Waals surface area contributed by atoms with Crippen molar-refractivity contribution >= 4 is 5.91 Å². The molecule has 1 aromatic carbocycles. The Hall–Kier alpha value is -1.55. The number of nitrogens with one attached hydrogen (secondary N) is 1. The lowest BCUT2D eigenvalue weighted by atomic mass is 9.91. The van der Waals surface area contributed by atoms with Crippen LogP contribution in [-0.2, 0) is 0 Å². The molecule has 2 heterocycles. The lowest BCUT2D eigenvalue weighted by molar-refractivity contribution is 0.0571. The summed E-state index contributed by atoms with van der Waals surface area (Å²) in [4.78, 5) is 14.8. The molecule has 2 aliphatic rings. The molecule has 3 rings (SSSR count). The number of rotatable bonds is 2. The Morgan fingerprint density at radius 2 is 2.21 bits per heavy atom. The zero-order valence-electron chi connectivity index (χ0n) is 11.3. The van der Waals surface area contributed by atoms with Gasteiger partial charge in [-0.15, -0.1) is 0 Å². The fourth-order valence-corrected chi connectivity index (χ4v) is 3.30. The Bertz CT molecular complexity index is 475. The first-order chi connectivity index (χ1) is 9.31. The zero-order valence-corrected chi connectivity index (χ0v) is 11.3. The van der Waals surface area contributed by atoms with Crippen LogP contribution in [0.5, 0.6) is 5.75 Å². The number of methoxy groups -OCH3 is 1. The molecule has 2 fully saturated rings. The van der Waals surface area contributed by atoms with Crippen molar-refractivity contribution < 1.29 is 9.53 Å². The summed E-state index contributed by atoms with van der Waals surface area (Å²) in [5, 5.41) is 3.40. The van der Waals surface area contributed by atoms with Gasteiger partial charge in [-0.05, 0) is 30.9 Å². The molecular weight excluding hydrogens is 240 g/mol. The van der Waals surface area contributed by atoms with E-state index in [0.717, 1.165) is 26.1 Å². The maximum atomic E-state index is 12.7. The molecule has 2 saturated heterocycles. The minimum Gasteiger partial charge on any atom is -0.496 e. The number of fused-ring (bicyclic) bond motifs is 1. The number of nitrogens with zero attached hydrogens (tertiary/aromatic N) is 1. The first-order valence-corrected chi connectivity index (χ1v) is 6.96. The van der Waals surface area contributed by atoms with Crippen LogP contribution in [-0.4, -0.2) is 43.6 Å². The van der Waals surface area contributed by atoms with Gasteiger partial charge < -0.3 is 15.0 Å². The van der Waals surface area contributed by atoms with E-state index in [-0.39, 0.29) is 5.91 Å². The summed E-state index contributed by atoms with van der Waals surface area (Å²) in [6.07, 6.45) is 2.33. The van der Waals surface area contributed by atoms with Crippen LogP contribution in [0.4, 0.5) is 0 Å². The standard InChI is InChI=1S/C15H20N2O2/c1-19-14-7-3-2-6-12(14)15(18)17-8-4-5-11-9-16-10-13(11)17/h2-3,6-7,11,13,16H,4-5,8-10H2,1H3. The number of para-hydroxylation sites is 1. The van der Waals surface area contributed by atoms with Crippen LogP contribution in [0.25, 0.3) is 0 Å². The summed E-state index contributed by atoms with van der Waals surface area (Å²) in [6.45, 7) is 2.83. The average Bonchev–Trinajstić information content (AvgIpc) is 2.94. The van der Waals surface area contributed by atoms with Crippen molar-refractivity contribution in [1.29, 1.82) is 0 Å². The topological polar surface area (TPSA) is 41.6 Å². The van der Waals surface area contributed by atoms with Gasteiger partial charge in [-0.25, -0.2) is 0 Å². The van der Waals surface area contributed by atoms with E-state index in [1.807, 2.05) is 29.2 Å². The molecule has 0 aromatic heterocycles. The van der Waals surface area contributed by atoms with Gasteiger partial charge in [-0.2, -0.15) is 0 Å².